The Kier molecular flexibility index (Phi) is 5.21. The fourth-order valence-electron chi connectivity index (χ4n) is 1.62. The van der Waals surface area contributed by atoms with Gasteiger partial charge in [-0.1, -0.05) is 0 Å². The number of methoxy groups -OCH3 is 1. The molecule has 0 aromatic rings. The summed E-state index contributed by atoms with van der Waals surface area (Å²) in [4.78, 5) is 24.0. The molecule has 1 amide bonds. The van der Waals surface area contributed by atoms with Gasteiger partial charge in [0.25, 0.3) is 5.91 Å². The highest BCUT2D eigenvalue weighted by Gasteiger charge is 2.24. The van der Waals surface area contributed by atoms with Crippen LogP contribution in [0.4, 0.5) is 0 Å². The zero-order chi connectivity index (χ0) is 12.0. The van der Waals surface area contributed by atoms with Gasteiger partial charge < -0.3 is 20.1 Å². The second-order valence-electron chi connectivity index (χ2n) is 3.76. The third-order valence-electron chi connectivity index (χ3n) is 2.54. The highest BCUT2D eigenvalue weighted by atomic mass is 16.5. The molecule has 1 aliphatic rings. The summed E-state index contributed by atoms with van der Waals surface area (Å²) in [5.74, 6) is -0.685. The van der Waals surface area contributed by atoms with E-state index in [1.807, 2.05) is 0 Å². The first-order chi connectivity index (χ1) is 7.65. The van der Waals surface area contributed by atoms with Crippen molar-refractivity contribution in [2.75, 3.05) is 33.3 Å². The van der Waals surface area contributed by atoms with Crippen molar-refractivity contribution in [2.45, 2.75) is 18.9 Å². The summed E-state index contributed by atoms with van der Waals surface area (Å²) < 4.78 is 4.41. The van der Waals surface area contributed by atoms with Gasteiger partial charge in [0.05, 0.1) is 13.7 Å². The van der Waals surface area contributed by atoms with Crippen LogP contribution in [-0.4, -0.2) is 61.3 Å². The minimum absolute atomic E-state index is 0.000833. The largest absolute Gasteiger partial charge is 0.468 e. The van der Waals surface area contributed by atoms with Crippen molar-refractivity contribution in [3.8, 4) is 0 Å². The van der Waals surface area contributed by atoms with Crippen LogP contribution in [0.3, 0.4) is 0 Å². The monoisotopic (exact) mass is 230 g/mol. The van der Waals surface area contributed by atoms with Crippen LogP contribution in [0, 0.1) is 0 Å². The van der Waals surface area contributed by atoms with Crippen LogP contribution in [0.25, 0.3) is 0 Å². The van der Waals surface area contributed by atoms with Gasteiger partial charge in [-0.25, -0.2) is 0 Å². The average molecular weight is 230 g/mol. The van der Waals surface area contributed by atoms with Gasteiger partial charge in [0, 0.05) is 19.6 Å². The van der Waals surface area contributed by atoms with Crippen LogP contribution in [0.1, 0.15) is 12.8 Å². The molecular formula is C10H18N2O4. The molecule has 1 rings (SSSR count). The second-order valence-corrected chi connectivity index (χ2v) is 3.76. The van der Waals surface area contributed by atoms with Crippen LogP contribution in [0.15, 0.2) is 0 Å². The number of esters is 1. The highest BCUT2D eigenvalue weighted by Crippen LogP contribution is 2.08. The predicted molar refractivity (Wildman–Crippen MR) is 56.7 cm³/mol. The van der Waals surface area contributed by atoms with Gasteiger partial charge >= 0.3 is 5.97 Å². The van der Waals surface area contributed by atoms with E-state index < -0.39 is 12.1 Å². The Balaban J connectivity index is 2.20. The SMILES string of the molecule is COC(=O)CNCC(O)C(=O)N1CCCC1. The van der Waals surface area contributed by atoms with Crippen molar-refractivity contribution >= 4 is 11.9 Å². The number of nitrogens with zero attached hydrogens (tertiary/aromatic N) is 1. The summed E-state index contributed by atoms with van der Waals surface area (Å²) in [5, 5.41) is 12.2. The number of carbonyl (C=O) groups is 2. The fourth-order valence-corrected chi connectivity index (χ4v) is 1.62. The summed E-state index contributed by atoms with van der Waals surface area (Å²) in [7, 11) is 1.29. The van der Waals surface area contributed by atoms with Gasteiger partial charge in [0.1, 0.15) is 6.10 Å². The Morgan fingerprint density at radius 2 is 2.06 bits per heavy atom. The molecule has 92 valence electrons. The maximum absolute atomic E-state index is 11.6. The number of likely N-dealkylation sites (tertiary alicyclic amines) is 1. The first-order valence-corrected chi connectivity index (χ1v) is 5.39. The second kappa shape index (κ2) is 6.44. The van der Waals surface area contributed by atoms with E-state index in [9.17, 15) is 14.7 Å². The predicted octanol–water partition coefficient (Wildman–Crippen LogP) is -1.27. The Morgan fingerprint density at radius 1 is 1.44 bits per heavy atom. The summed E-state index contributed by atoms with van der Waals surface area (Å²) in [6.07, 6.45) is 0.907. The Morgan fingerprint density at radius 3 is 2.62 bits per heavy atom. The minimum atomic E-state index is -1.08. The van der Waals surface area contributed by atoms with Crippen molar-refractivity contribution in [3.05, 3.63) is 0 Å². The summed E-state index contributed by atoms with van der Waals surface area (Å²) >= 11 is 0. The number of aliphatic hydroxyl groups excluding tert-OH is 1. The van der Waals surface area contributed by atoms with E-state index in [0.29, 0.717) is 13.1 Å². The number of aliphatic hydroxyl groups is 1. The normalized spacial score (nSPS) is 17.2. The van der Waals surface area contributed by atoms with Crippen LogP contribution >= 0.6 is 0 Å². The molecule has 0 aliphatic carbocycles. The lowest BCUT2D eigenvalue weighted by atomic mass is 10.3. The molecule has 0 saturated carbocycles. The van der Waals surface area contributed by atoms with E-state index in [4.69, 9.17) is 0 Å². The quantitative estimate of drug-likeness (QED) is 0.576. The van der Waals surface area contributed by atoms with Gasteiger partial charge in [0.15, 0.2) is 0 Å². The standard InChI is InChI=1S/C10H18N2O4/c1-16-9(14)7-11-6-8(13)10(15)12-4-2-3-5-12/h8,11,13H,2-7H2,1H3. The molecule has 0 spiro atoms. The van der Waals surface area contributed by atoms with Crippen LogP contribution in [-0.2, 0) is 14.3 Å². The molecule has 1 atom stereocenters. The lowest BCUT2D eigenvalue weighted by molar-refractivity contribution is -0.141. The molecule has 16 heavy (non-hydrogen) atoms. The molecule has 6 heteroatoms. The smallest absolute Gasteiger partial charge is 0.319 e. The first-order valence-electron chi connectivity index (χ1n) is 5.39. The zero-order valence-electron chi connectivity index (χ0n) is 9.44. The third kappa shape index (κ3) is 3.79. The molecule has 0 radical (unpaired) electrons. The minimum Gasteiger partial charge on any atom is -0.468 e. The van der Waals surface area contributed by atoms with Gasteiger partial charge in [-0.15, -0.1) is 0 Å². The Labute approximate surface area is 94.6 Å². The lowest BCUT2D eigenvalue weighted by Gasteiger charge is -2.19. The zero-order valence-corrected chi connectivity index (χ0v) is 9.44. The average Bonchev–Trinajstić information content (AvgIpc) is 2.81. The number of amides is 1. The molecule has 1 heterocycles. The number of carbonyl (C=O) groups excluding carboxylic acids is 2. The van der Waals surface area contributed by atoms with E-state index in [-0.39, 0.29) is 19.0 Å². The lowest BCUT2D eigenvalue weighted by Crippen LogP contribution is -2.43. The molecule has 1 saturated heterocycles. The number of nitrogens with one attached hydrogen (secondary N) is 1. The van der Waals surface area contributed by atoms with Crippen LogP contribution < -0.4 is 5.32 Å². The molecule has 0 aromatic heterocycles. The Bertz CT molecular complexity index is 251. The third-order valence-corrected chi connectivity index (χ3v) is 2.54. The van der Waals surface area contributed by atoms with E-state index in [2.05, 4.69) is 10.1 Å². The number of hydrogen-bond acceptors (Lipinski definition) is 5. The molecular weight excluding hydrogens is 212 g/mol. The highest BCUT2D eigenvalue weighted by molar-refractivity contribution is 5.81. The van der Waals surface area contributed by atoms with Gasteiger partial charge in [-0.05, 0) is 12.8 Å². The fraction of sp³-hybridized carbons (Fsp3) is 0.800. The van der Waals surface area contributed by atoms with Gasteiger partial charge in [-0.2, -0.15) is 0 Å². The van der Waals surface area contributed by atoms with Crippen LogP contribution in [0.2, 0.25) is 0 Å². The summed E-state index contributed by atoms with van der Waals surface area (Å²) in [6, 6.07) is 0. The maximum atomic E-state index is 11.6. The van der Waals surface area contributed by atoms with E-state index in [0.717, 1.165) is 12.8 Å². The van der Waals surface area contributed by atoms with Crippen molar-refractivity contribution in [1.29, 1.82) is 0 Å². The van der Waals surface area contributed by atoms with Crippen LogP contribution in [0.5, 0.6) is 0 Å². The molecule has 1 fully saturated rings. The number of rotatable bonds is 5. The topological polar surface area (TPSA) is 78.9 Å². The van der Waals surface area contributed by atoms with Crippen molar-refractivity contribution in [1.82, 2.24) is 10.2 Å². The molecule has 0 aromatic carbocycles. The van der Waals surface area contributed by atoms with Crippen molar-refractivity contribution in [3.63, 3.8) is 0 Å². The van der Waals surface area contributed by atoms with Gasteiger partial charge in [-0.3, -0.25) is 9.59 Å². The summed E-state index contributed by atoms with van der Waals surface area (Å²) in [5.41, 5.74) is 0. The van der Waals surface area contributed by atoms with E-state index in [1.54, 1.807) is 4.90 Å². The molecule has 2 N–H and O–H groups in total. The van der Waals surface area contributed by atoms with E-state index >= 15 is 0 Å². The molecule has 0 bridgehead atoms. The molecule has 1 unspecified atom stereocenters. The van der Waals surface area contributed by atoms with Crippen molar-refractivity contribution in [2.24, 2.45) is 0 Å². The number of ether oxygens (including phenoxy) is 1. The Hall–Kier alpha value is -1.14. The summed E-state index contributed by atoms with van der Waals surface area (Å²) in [6.45, 7) is 1.51. The first kappa shape index (κ1) is 12.9. The van der Waals surface area contributed by atoms with Crippen molar-refractivity contribution < 1.29 is 19.4 Å². The number of hydrogen-bond donors (Lipinski definition) is 2. The molecule has 1 aliphatic heterocycles. The molecule has 6 nitrogen and oxygen atoms in total. The van der Waals surface area contributed by atoms with Gasteiger partial charge in [0.2, 0.25) is 0 Å². The van der Waals surface area contributed by atoms with E-state index in [1.165, 1.54) is 7.11 Å². The maximum Gasteiger partial charge on any atom is 0.319 e.